The number of hydrogen-bond acceptors (Lipinski definition) is 4. The molecule has 0 radical (unpaired) electrons. The Kier molecular flexibility index (Phi) is 5.23. The lowest BCUT2D eigenvalue weighted by Crippen LogP contribution is -1.99. The highest BCUT2D eigenvalue weighted by molar-refractivity contribution is 9.10. The fourth-order valence-electron chi connectivity index (χ4n) is 3.89. The van der Waals surface area contributed by atoms with Gasteiger partial charge in [0.2, 0.25) is 0 Å². The van der Waals surface area contributed by atoms with E-state index in [0.29, 0.717) is 0 Å². The van der Waals surface area contributed by atoms with Crippen molar-refractivity contribution in [1.29, 1.82) is 0 Å². The Morgan fingerprint density at radius 2 is 1.47 bits per heavy atom. The molecule has 4 aromatic rings. The second kappa shape index (κ2) is 8.20. The molecule has 0 atom stereocenters. The van der Waals surface area contributed by atoms with Crippen LogP contribution in [0.4, 0.5) is 0 Å². The van der Waals surface area contributed by atoms with Crippen LogP contribution in [0.2, 0.25) is 0 Å². The number of imidazole rings is 1. The van der Waals surface area contributed by atoms with Crippen molar-refractivity contribution in [3.63, 3.8) is 0 Å². The lowest BCUT2D eigenvalue weighted by atomic mass is 10.0. The van der Waals surface area contributed by atoms with Gasteiger partial charge in [-0.2, -0.15) is 0 Å². The van der Waals surface area contributed by atoms with Crippen molar-refractivity contribution in [3.05, 3.63) is 77.5 Å². The lowest BCUT2D eigenvalue weighted by Gasteiger charge is -2.12. The van der Waals surface area contributed by atoms with Gasteiger partial charge >= 0.3 is 0 Å². The van der Waals surface area contributed by atoms with Gasteiger partial charge in [0, 0.05) is 15.6 Å². The topological polar surface area (TPSA) is 45.5 Å². The van der Waals surface area contributed by atoms with Crippen LogP contribution in [0.5, 0.6) is 17.2 Å². The zero-order valence-electron chi connectivity index (χ0n) is 17.9. The van der Waals surface area contributed by atoms with Gasteiger partial charge in [0.05, 0.1) is 36.9 Å². The summed E-state index contributed by atoms with van der Waals surface area (Å²) < 4.78 is 19.8. The van der Waals surface area contributed by atoms with Crippen LogP contribution in [-0.2, 0) is 0 Å². The Hall–Kier alpha value is -3.51. The van der Waals surface area contributed by atoms with Crippen LogP contribution in [0, 0.1) is 0 Å². The van der Waals surface area contributed by atoms with E-state index >= 15 is 0 Å². The summed E-state index contributed by atoms with van der Waals surface area (Å²) in [5.74, 6) is 3.20. The number of ether oxygens (including phenoxy) is 3. The van der Waals surface area contributed by atoms with Gasteiger partial charge < -0.3 is 14.2 Å². The Morgan fingerprint density at radius 3 is 2.09 bits per heavy atom. The van der Waals surface area contributed by atoms with E-state index in [1.54, 1.807) is 20.5 Å². The predicted octanol–water partition coefficient (Wildman–Crippen LogP) is 6.87. The van der Waals surface area contributed by atoms with E-state index in [2.05, 4.69) is 32.6 Å². The summed E-state index contributed by atoms with van der Waals surface area (Å²) in [5.41, 5.74) is 5.75. The molecule has 6 heteroatoms. The van der Waals surface area contributed by atoms with E-state index in [-0.39, 0.29) is 0 Å². The number of allylic oxidation sites excluding steroid dienone is 1. The third-order valence-corrected chi connectivity index (χ3v) is 5.99. The lowest BCUT2D eigenvalue weighted by molar-refractivity contribution is 0.414. The molecule has 0 aliphatic carbocycles. The van der Waals surface area contributed by atoms with E-state index in [4.69, 9.17) is 19.2 Å². The Bertz CT molecular complexity index is 1320. The minimum absolute atomic E-state index is 0.763. The smallest absolute Gasteiger partial charge is 0.149 e. The summed E-state index contributed by atoms with van der Waals surface area (Å²) in [6.07, 6.45) is 1.77. The molecule has 0 amide bonds. The number of methoxy groups -OCH3 is 2. The standard InChI is InChI=1S/C26H21BrN2O3/c1-16-15-32-23-13-8-19(27)14-22(23)26-28-24(17-4-9-20(30-2)10-5-17)25(29(16)26)18-6-11-21(31-3)12-7-18/h4-15H,1-3H3. The number of halogens is 1. The van der Waals surface area contributed by atoms with Gasteiger partial charge in [-0.3, -0.25) is 4.57 Å². The predicted molar refractivity (Wildman–Crippen MR) is 130 cm³/mol. The van der Waals surface area contributed by atoms with Crippen LogP contribution in [-0.4, -0.2) is 23.8 Å². The highest BCUT2D eigenvalue weighted by Crippen LogP contribution is 2.43. The molecule has 0 saturated heterocycles. The summed E-state index contributed by atoms with van der Waals surface area (Å²) in [5, 5.41) is 0. The van der Waals surface area contributed by atoms with E-state index in [0.717, 1.165) is 61.3 Å². The first kappa shape index (κ1) is 20.4. The molecule has 32 heavy (non-hydrogen) atoms. The number of nitrogens with zero attached hydrogens (tertiary/aromatic N) is 2. The Labute approximate surface area is 195 Å². The highest BCUT2D eigenvalue weighted by Gasteiger charge is 2.26. The van der Waals surface area contributed by atoms with Crippen molar-refractivity contribution in [3.8, 4) is 51.2 Å². The van der Waals surface area contributed by atoms with E-state index in [1.807, 2.05) is 61.5 Å². The Balaban J connectivity index is 1.82. The van der Waals surface area contributed by atoms with Gasteiger partial charge in [-0.15, -0.1) is 0 Å². The van der Waals surface area contributed by atoms with Crippen LogP contribution in [0.15, 0.2) is 77.5 Å². The summed E-state index contributed by atoms with van der Waals surface area (Å²) in [7, 11) is 3.33. The fraction of sp³-hybridized carbons (Fsp3) is 0.115. The average Bonchev–Trinajstić information content (AvgIpc) is 3.18. The third-order valence-electron chi connectivity index (χ3n) is 5.50. The zero-order valence-corrected chi connectivity index (χ0v) is 19.5. The maximum Gasteiger partial charge on any atom is 0.149 e. The number of benzene rings is 3. The van der Waals surface area contributed by atoms with Crippen molar-refractivity contribution in [2.45, 2.75) is 6.92 Å². The first-order chi connectivity index (χ1) is 15.6. The maximum atomic E-state index is 5.98. The first-order valence-corrected chi connectivity index (χ1v) is 10.9. The zero-order chi connectivity index (χ0) is 22.2. The minimum Gasteiger partial charge on any atom is -0.497 e. The molecule has 0 saturated carbocycles. The minimum atomic E-state index is 0.763. The molecular weight excluding hydrogens is 468 g/mol. The summed E-state index contributed by atoms with van der Waals surface area (Å²) in [6.45, 7) is 2.02. The molecule has 1 aromatic heterocycles. The average molecular weight is 489 g/mol. The van der Waals surface area contributed by atoms with Crippen molar-refractivity contribution in [2.75, 3.05) is 14.2 Å². The Morgan fingerprint density at radius 1 is 0.844 bits per heavy atom. The molecular formula is C26H21BrN2O3. The van der Waals surface area contributed by atoms with E-state index < -0.39 is 0 Å². The molecule has 5 nitrogen and oxygen atoms in total. The third kappa shape index (κ3) is 3.46. The van der Waals surface area contributed by atoms with Gasteiger partial charge in [0.25, 0.3) is 0 Å². The fourth-order valence-corrected chi connectivity index (χ4v) is 4.25. The van der Waals surface area contributed by atoms with E-state index in [1.165, 1.54) is 0 Å². The molecule has 0 unspecified atom stereocenters. The molecule has 1 aliphatic rings. The molecule has 5 rings (SSSR count). The summed E-state index contributed by atoms with van der Waals surface area (Å²) in [4.78, 5) is 5.14. The largest absolute Gasteiger partial charge is 0.497 e. The summed E-state index contributed by atoms with van der Waals surface area (Å²) in [6, 6.07) is 22.0. The monoisotopic (exact) mass is 488 g/mol. The normalized spacial score (nSPS) is 12.2. The molecule has 0 fully saturated rings. The number of fused-ring (bicyclic) bond motifs is 3. The number of aromatic nitrogens is 2. The van der Waals surface area contributed by atoms with Crippen molar-refractivity contribution >= 4 is 21.6 Å². The van der Waals surface area contributed by atoms with Crippen LogP contribution in [0.1, 0.15) is 6.92 Å². The second-order valence-electron chi connectivity index (χ2n) is 7.44. The van der Waals surface area contributed by atoms with Gasteiger partial charge in [0.15, 0.2) is 0 Å². The van der Waals surface area contributed by atoms with E-state index in [9.17, 15) is 0 Å². The quantitative estimate of drug-likeness (QED) is 0.314. The second-order valence-corrected chi connectivity index (χ2v) is 8.36. The summed E-state index contributed by atoms with van der Waals surface area (Å²) >= 11 is 3.59. The molecule has 2 heterocycles. The molecule has 0 bridgehead atoms. The van der Waals surface area contributed by atoms with Crippen molar-refractivity contribution in [1.82, 2.24) is 9.55 Å². The molecule has 0 spiro atoms. The highest BCUT2D eigenvalue weighted by atomic mass is 79.9. The van der Waals surface area contributed by atoms with Gasteiger partial charge in [-0.05, 0) is 73.7 Å². The maximum absolute atomic E-state index is 5.98. The molecule has 160 valence electrons. The first-order valence-electron chi connectivity index (χ1n) is 10.1. The van der Waals surface area contributed by atoms with Crippen LogP contribution >= 0.6 is 15.9 Å². The molecule has 0 N–H and O–H groups in total. The number of hydrogen-bond donors (Lipinski definition) is 0. The van der Waals surface area contributed by atoms with Crippen LogP contribution in [0.3, 0.4) is 0 Å². The van der Waals surface area contributed by atoms with Gasteiger partial charge in [-0.1, -0.05) is 15.9 Å². The SMILES string of the molecule is COc1ccc(-c2nc3n(c2-c2ccc(OC)cc2)C(C)=COc2ccc(Br)cc2-3)cc1. The van der Waals surface area contributed by atoms with Crippen LogP contribution < -0.4 is 14.2 Å². The van der Waals surface area contributed by atoms with Crippen molar-refractivity contribution < 1.29 is 14.2 Å². The van der Waals surface area contributed by atoms with Crippen molar-refractivity contribution in [2.24, 2.45) is 0 Å². The van der Waals surface area contributed by atoms with Crippen LogP contribution in [0.25, 0.3) is 39.6 Å². The number of rotatable bonds is 4. The molecule has 1 aliphatic heterocycles. The van der Waals surface area contributed by atoms with Gasteiger partial charge in [0.1, 0.15) is 29.3 Å². The van der Waals surface area contributed by atoms with Gasteiger partial charge in [-0.25, -0.2) is 4.98 Å². The molecule has 3 aromatic carbocycles.